The lowest BCUT2D eigenvalue weighted by atomic mass is 9.77. The molecule has 3 aromatic heterocycles. The molecular weight excluding hydrogens is 378 g/mol. The van der Waals surface area contributed by atoms with Crippen LogP contribution in [-0.4, -0.2) is 21.0 Å². The van der Waals surface area contributed by atoms with Crippen molar-refractivity contribution < 1.29 is 13.7 Å². The molecule has 1 saturated carbocycles. The first-order valence-electron chi connectivity index (χ1n) is 7.95. The van der Waals surface area contributed by atoms with Crippen LogP contribution in [0.5, 0.6) is 0 Å². The number of carbonyl (C=O) groups excluding carboxylic acids is 1. The lowest BCUT2D eigenvalue weighted by Gasteiger charge is -2.34. The molecule has 138 valence electrons. The number of nitrogens with zero attached hydrogens (tertiary/aromatic N) is 3. The van der Waals surface area contributed by atoms with Gasteiger partial charge in [-0.2, -0.15) is 4.98 Å². The molecule has 8 nitrogen and oxygen atoms in total. The van der Waals surface area contributed by atoms with Crippen molar-refractivity contribution in [3.63, 3.8) is 0 Å². The van der Waals surface area contributed by atoms with E-state index in [1.165, 1.54) is 17.6 Å². The molecule has 3 aromatic rings. The number of amides is 1. The van der Waals surface area contributed by atoms with Crippen LogP contribution < -0.4 is 11.1 Å². The Kier molecular flexibility index (Phi) is 5.12. The van der Waals surface area contributed by atoms with Gasteiger partial charge in [-0.25, -0.2) is 4.98 Å². The highest BCUT2D eigenvalue weighted by atomic mass is 35.5. The van der Waals surface area contributed by atoms with E-state index in [9.17, 15) is 4.79 Å². The number of thiazole rings is 1. The summed E-state index contributed by atoms with van der Waals surface area (Å²) in [6, 6.07) is 1.63. The van der Waals surface area contributed by atoms with Crippen LogP contribution in [0.3, 0.4) is 0 Å². The van der Waals surface area contributed by atoms with Gasteiger partial charge in [0.05, 0.1) is 29.5 Å². The minimum absolute atomic E-state index is 0. The van der Waals surface area contributed by atoms with Gasteiger partial charge in [-0.1, -0.05) is 5.16 Å². The second kappa shape index (κ2) is 7.18. The molecule has 1 aliphatic rings. The zero-order valence-corrected chi connectivity index (χ0v) is 15.7. The fourth-order valence-electron chi connectivity index (χ4n) is 2.70. The Labute approximate surface area is 159 Å². The number of furan rings is 1. The minimum Gasteiger partial charge on any atom is -0.469 e. The summed E-state index contributed by atoms with van der Waals surface area (Å²) in [4.78, 5) is 20.9. The number of hydrogen-bond acceptors (Lipinski definition) is 8. The summed E-state index contributed by atoms with van der Waals surface area (Å²) >= 11 is 1.34. The van der Waals surface area contributed by atoms with Crippen LogP contribution in [-0.2, 0) is 12.0 Å². The first-order valence-corrected chi connectivity index (χ1v) is 8.83. The lowest BCUT2D eigenvalue weighted by Crippen LogP contribution is -2.44. The van der Waals surface area contributed by atoms with Crippen LogP contribution >= 0.6 is 23.7 Å². The number of nitrogens with one attached hydrogen (secondary N) is 1. The number of carbonyl (C=O) groups is 1. The molecule has 0 aliphatic heterocycles. The van der Waals surface area contributed by atoms with E-state index in [2.05, 4.69) is 20.4 Å². The summed E-state index contributed by atoms with van der Waals surface area (Å²) in [5, 5.41) is 9.11. The van der Waals surface area contributed by atoms with Gasteiger partial charge in [0, 0.05) is 5.38 Å². The monoisotopic (exact) mass is 395 g/mol. The molecule has 0 spiro atoms. The molecule has 1 aliphatic carbocycles. The van der Waals surface area contributed by atoms with Gasteiger partial charge in [0.15, 0.2) is 11.0 Å². The van der Waals surface area contributed by atoms with Crippen molar-refractivity contribution in [3.05, 3.63) is 46.4 Å². The van der Waals surface area contributed by atoms with Crippen molar-refractivity contribution in [2.45, 2.75) is 38.1 Å². The molecule has 4 rings (SSSR count). The Hall–Kier alpha value is -2.23. The zero-order valence-electron chi connectivity index (χ0n) is 14.0. The maximum absolute atomic E-state index is 12.2. The Morgan fingerprint density at radius 2 is 2.23 bits per heavy atom. The van der Waals surface area contributed by atoms with E-state index in [1.807, 2.05) is 5.38 Å². The zero-order chi connectivity index (χ0) is 17.4. The van der Waals surface area contributed by atoms with Gasteiger partial charge >= 0.3 is 0 Å². The number of aryl methyl sites for hydroxylation is 1. The second-order valence-electron chi connectivity index (χ2n) is 6.19. The van der Waals surface area contributed by atoms with Gasteiger partial charge in [0.2, 0.25) is 5.89 Å². The molecule has 3 heterocycles. The lowest BCUT2D eigenvalue weighted by molar-refractivity contribution is 0.102. The Bertz CT molecular complexity index is 915. The topological polar surface area (TPSA) is 120 Å². The maximum atomic E-state index is 12.2. The number of aromatic nitrogens is 3. The first-order chi connectivity index (χ1) is 12.0. The third kappa shape index (κ3) is 3.50. The highest BCUT2D eigenvalue weighted by Crippen LogP contribution is 2.37. The van der Waals surface area contributed by atoms with Crippen LogP contribution in [0, 0.1) is 6.92 Å². The molecule has 10 heteroatoms. The van der Waals surface area contributed by atoms with Gasteiger partial charge in [0.25, 0.3) is 5.91 Å². The molecule has 0 radical (unpaired) electrons. The molecule has 1 fully saturated rings. The average Bonchev–Trinajstić information content (AvgIpc) is 3.27. The number of nitrogens with two attached hydrogens (primary N) is 1. The van der Waals surface area contributed by atoms with Gasteiger partial charge in [-0.05, 0) is 32.3 Å². The van der Waals surface area contributed by atoms with Crippen LogP contribution in [0.15, 0.2) is 26.6 Å². The summed E-state index contributed by atoms with van der Waals surface area (Å²) in [5.41, 5.74) is 7.00. The van der Waals surface area contributed by atoms with E-state index in [4.69, 9.17) is 14.7 Å². The molecule has 0 atom stereocenters. The highest BCUT2D eigenvalue weighted by Gasteiger charge is 2.39. The summed E-state index contributed by atoms with van der Waals surface area (Å²) < 4.78 is 10.4. The van der Waals surface area contributed by atoms with E-state index in [0.29, 0.717) is 34.6 Å². The summed E-state index contributed by atoms with van der Waals surface area (Å²) in [5.74, 6) is 1.36. The van der Waals surface area contributed by atoms with E-state index < -0.39 is 5.54 Å². The average molecular weight is 396 g/mol. The number of hydrogen-bond donors (Lipinski definition) is 2. The van der Waals surface area contributed by atoms with Crippen molar-refractivity contribution in [2.24, 2.45) is 5.73 Å². The smallest absolute Gasteiger partial charge is 0.260 e. The van der Waals surface area contributed by atoms with Crippen LogP contribution in [0.1, 0.15) is 52.8 Å². The molecule has 0 bridgehead atoms. The van der Waals surface area contributed by atoms with E-state index in [1.54, 1.807) is 13.0 Å². The number of anilines is 1. The fraction of sp³-hybridized carbons (Fsp3) is 0.375. The summed E-state index contributed by atoms with van der Waals surface area (Å²) in [6.07, 6.45) is 4.74. The molecule has 0 saturated heterocycles. The molecule has 26 heavy (non-hydrogen) atoms. The van der Waals surface area contributed by atoms with Gasteiger partial charge in [-0.3, -0.25) is 10.1 Å². The largest absolute Gasteiger partial charge is 0.469 e. The normalized spacial score (nSPS) is 15.2. The molecular formula is C16H18ClN5O3S. The Morgan fingerprint density at radius 1 is 1.42 bits per heavy atom. The SMILES string of the molecule is Cc1occc1C(=O)Nc1nc(Cc2nc(C3(N)CCC3)no2)cs1.Cl. The standard InChI is InChI=1S/C16H17N5O3S.ClH/c1-9-11(3-6-23-9)13(22)20-15-18-10(8-25-15)7-12-19-14(21-24-12)16(17)4-2-5-16;/h3,6,8H,2,4-5,7,17H2,1H3,(H,18,20,22);1H. The Balaban J connectivity index is 0.00000196. The number of halogens is 1. The summed E-state index contributed by atoms with van der Waals surface area (Å²) in [7, 11) is 0. The van der Waals surface area contributed by atoms with Crippen LogP contribution in [0.4, 0.5) is 5.13 Å². The quantitative estimate of drug-likeness (QED) is 0.681. The predicted octanol–water partition coefficient (Wildman–Crippen LogP) is 3.03. The third-order valence-corrected chi connectivity index (χ3v) is 5.17. The van der Waals surface area contributed by atoms with Crippen molar-refractivity contribution >= 4 is 34.8 Å². The predicted molar refractivity (Wildman–Crippen MR) is 97.6 cm³/mol. The van der Waals surface area contributed by atoms with Gasteiger partial charge in [-0.15, -0.1) is 23.7 Å². The van der Waals surface area contributed by atoms with Crippen molar-refractivity contribution in [3.8, 4) is 0 Å². The van der Waals surface area contributed by atoms with E-state index in [-0.39, 0.29) is 18.3 Å². The molecule has 3 N–H and O–H groups in total. The number of rotatable bonds is 5. The van der Waals surface area contributed by atoms with Crippen LogP contribution in [0.2, 0.25) is 0 Å². The Morgan fingerprint density at radius 3 is 2.88 bits per heavy atom. The first kappa shape index (κ1) is 18.6. The molecule has 0 aromatic carbocycles. The third-order valence-electron chi connectivity index (χ3n) is 4.37. The summed E-state index contributed by atoms with van der Waals surface area (Å²) in [6.45, 7) is 1.74. The fourth-order valence-corrected chi connectivity index (χ4v) is 3.40. The van der Waals surface area contributed by atoms with Crippen LogP contribution in [0.25, 0.3) is 0 Å². The minimum atomic E-state index is -0.439. The maximum Gasteiger partial charge on any atom is 0.260 e. The van der Waals surface area contributed by atoms with Gasteiger partial charge in [0.1, 0.15) is 5.76 Å². The molecule has 1 amide bonds. The van der Waals surface area contributed by atoms with Gasteiger partial charge < -0.3 is 14.7 Å². The van der Waals surface area contributed by atoms with E-state index >= 15 is 0 Å². The van der Waals surface area contributed by atoms with Crippen molar-refractivity contribution in [1.82, 2.24) is 15.1 Å². The van der Waals surface area contributed by atoms with Crippen molar-refractivity contribution in [1.29, 1.82) is 0 Å². The van der Waals surface area contributed by atoms with E-state index in [0.717, 1.165) is 25.0 Å². The highest BCUT2D eigenvalue weighted by molar-refractivity contribution is 7.14. The second-order valence-corrected chi connectivity index (χ2v) is 7.04. The van der Waals surface area contributed by atoms with Crippen molar-refractivity contribution in [2.75, 3.05) is 5.32 Å². The molecule has 0 unspecified atom stereocenters.